The third-order valence-corrected chi connectivity index (χ3v) is 4.49. The zero-order valence-electron chi connectivity index (χ0n) is 15.1. The number of hydrogen-bond donors (Lipinski definition) is 0. The minimum Gasteiger partial charge on any atom is -0.299 e. The Hall–Kier alpha value is -2.15. The van der Waals surface area contributed by atoms with E-state index in [1.165, 1.54) is 16.7 Å². The predicted molar refractivity (Wildman–Crippen MR) is 103 cm³/mol. The van der Waals surface area contributed by atoms with Gasteiger partial charge in [-0.15, -0.1) is 6.58 Å². The van der Waals surface area contributed by atoms with Gasteiger partial charge in [0.25, 0.3) is 0 Å². The van der Waals surface area contributed by atoms with Crippen molar-refractivity contribution >= 4 is 5.78 Å². The van der Waals surface area contributed by atoms with Gasteiger partial charge in [-0.25, -0.2) is 0 Å². The lowest BCUT2D eigenvalue weighted by molar-refractivity contribution is -0.126. The van der Waals surface area contributed by atoms with Crippen molar-refractivity contribution in [1.82, 2.24) is 0 Å². The molecule has 0 fully saturated rings. The maximum absolute atomic E-state index is 12.1. The highest BCUT2D eigenvalue weighted by Gasteiger charge is 2.21. The topological polar surface area (TPSA) is 17.1 Å². The van der Waals surface area contributed by atoms with Crippen molar-refractivity contribution in [2.45, 2.75) is 46.0 Å². The average molecular weight is 320 g/mol. The van der Waals surface area contributed by atoms with Gasteiger partial charge in [-0.3, -0.25) is 4.79 Å². The second-order valence-corrected chi connectivity index (χ2v) is 7.36. The first kappa shape index (κ1) is 18.2. The van der Waals surface area contributed by atoms with E-state index in [1.807, 2.05) is 32.9 Å². The van der Waals surface area contributed by atoms with Crippen LogP contribution in [0.3, 0.4) is 0 Å². The molecule has 0 saturated heterocycles. The second kappa shape index (κ2) is 8.10. The van der Waals surface area contributed by atoms with Crippen LogP contribution in [-0.4, -0.2) is 5.78 Å². The van der Waals surface area contributed by atoms with Crippen LogP contribution in [0.2, 0.25) is 0 Å². The van der Waals surface area contributed by atoms with Crippen LogP contribution in [0, 0.1) is 5.41 Å². The van der Waals surface area contributed by atoms with Crippen LogP contribution in [0.15, 0.2) is 67.3 Å². The summed E-state index contributed by atoms with van der Waals surface area (Å²) in [7, 11) is 0. The van der Waals surface area contributed by atoms with Crippen molar-refractivity contribution in [2.75, 3.05) is 0 Å². The fraction of sp³-hybridized carbons (Fsp3) is 0.348. The molecular formula is C23H28O. The standard InChI is InChI=1S/C23H28O/c1-5-18(14-11-17-22(24)23(2,3)4)20-15-9-10-16-21(20)19-12-7-6-8-13-19/h5-10,12-13,15-16,18H,1,11,14,17H2,2-4H3. The zero-order valence-corrected chi connectivity index (χ0v) is 15.1. The maximum Gasteiger partial charge on any atom is 0.138 e. The average Bonchev–Trinajstić information content (AvgIpc) is 2.58. The first-order valence-electron chi connectivity index (χ1n) is 8.73. The Bertz CT molecular complexity index is 677. The third-order valence-electron chi connectivity index (χ3n) is 4.49. The molecule has 24 heavy (non-hydrogen) atoms. The van der Waals surface area contributed by atoms with Crippen LogP contribution in [0.1, 0.15) is 51.5 Å². The Balaban J connectivity index is 2.14. The predicted octanol–water partition coefficient (Wildman–Crippen LogP) is 6.41. The number of benzene rings is 2. The van der Waals surface area contributed by atoms with Crippen molar-refractivity contribution in [3.8, 4) is 11.1 Å². The summed E-state index contributed by atoms with van der Waals surface area (Å²) in [6.45, 7) is 10.0. The van der Waals surface area contributed by atoms with Gasteiger partial charge in [0.05, 0.1) is 0 Å². The number of carbonyl (C=O) groups excluding carboxylic acids is 1. The first-order valence-corrected chi connectivity index (χ1v) is 8.73. The van der Waals surface area contributed by atoms with Gasteiger partial charge in [-0.2, -0.15) is 0 Å². The number of rotatable bonds is 7. The van der Waals surface area contributed by atoms with Crippen LogP contribution in [0.5, 0.6) is 0 Å². The van der Waals surface area contributed by atoms with E-state index in [0.717, 1.165) is 12.8 Å². The van der Waals surface area contributed by atoms with Gasteiger partial charge in [0.15, 0.2) is 0 Å². The summed E-state index contributed by atoms with van der Waals surface area (Å²) in [5.41, 5.74) is 3.53. The molecular weight excluding hydrogens is 292 g/mol. The largest absolute Gasteiger partial charge is 0.299 e. The molecule has 0 spiro atoms. The summed E-state index contributed by atoms with van der Waals surface area (Å²) in [6, 6.07) is 19.0. The molecule has 0 radical (unpaired) electrons. The Kier molecular flexibility index (Phi) is 6.14. The van der Waals surface area contributed by atoms with E-state index in [-0.39, 0.29) is 11.3 Å². The normalized spacial score (nSPS) is 12.6. The molecule has 1 atom stereocenters. The number of hydrogen-bond acceptors (Lipinski definition) is 1. The molecule has 2 aromatic carbocycles. The van der Waals surface area contributed by atoms with Crippen molar-refractivity contribution in [1.29, 1.82) is 0 Å². The fourth-order valence-corrected chi connectivity index (χ4v) is 2.96. The maximum atomic E-state index is 12.1. The Morgan fingerprint density at radius 1 is 1.04 bits per heavy atom. The molecule has 126 valence electrons. The molecule has 1 heteroatoms. The molecule has 0 aliphatic heterocycles. The summed E-state index contributed by atoms with van der Waals surface area (Å²) in [5.74, 6) is 0.607. The molecule has 1 unspecified atom stereocenters. The van der Waals surface area contributed by atoms with Crippen LogP contribution < -0.4 is 0 Å². The quantitative estimate of drug-likeness (QED) is 0.539. The van der Waals surface area contributed by atoms with Crippen LogP contribution in [0.4, 0.5) is 0 Å². The lowest BCUT2D eigenvalue weighted by Crippen LogP contribution is -2.19. The molecule has 0 bridgehead atoms. The SMILES string of the molecule is C=CC(CCCC(=O)C(C)(C)C)c1ccccc1-c1ccccc1. The fourth-order valence-electron chi connectivity index (χ4n) is 2.96. The lowest BCUT2D eigenvalue weighted by Gasteiger charge is -2.19. The van der Waals surface area contributed by atoms with E-state index in [2.05, 4.69) is 55.1 Å². The van der Waals surface area contributed by atoms with Gasteiger partial charge >= 0.3 is 0 Å². The summed E-state index contributed by atoms with van der Waals surface area (Å²) in [5, 5.41) is 0. The molecule has 0 amide bonds. The number of carbonyl (C=O) groups is 1. The molecule has 2 rings (SSSR count). The van der Waals surface area contributed by atoms with E-state index in [4.69, 9.17) is 0 Å². The van der Waals surface area contributed by atoms with E-state index < -0.39 is 0 Å². The summed E-state index contributed by atoms with van der Waals surface area (Å²) in [4.78, 5) is 12.1. The molecule has 0 aliphatic carbocycles. The Morgan fingerprint density at radius 3 is 2.29 bits per heavy atom. The van der Waals surface area contributed by atoms with Crippen LogP contribution in [0.25, 0.3) is 11.1 Å². The van der Waals surface area contributed by atoms with Gasteiger partial charge in [-0.1, -0.05) is 81.4 Å². The summed E-state index contributed by atoms with van der Waals surface area (Å²) >= 11 is 0. The summed E-state index contributed by atoms with van der Waals surface area (Å²) < 4.78 is 0. The smallest absolute Gasteiger partial charge is 0.138 e. The van der Waals surface area contributed by atoms with E-state index >= 15 is 0 Å². The molecule has 0 saturated carbocycles. The highest BCUT2D eigenvalue weighted by atomic mass is 16.1. The molecule has 1 nitrogen and oxygen atoms in total. The molecule has 0 aromatic heterocycles. The third kappa shape index (κ3) is 4.67. The highest BCUT2D eigenvalue weighted by Crippen LogP contribution is 2.33. The van der Waals surface area contributed by atoms with Crippen molar-refractivity contribution in [3.05, 3.63) is 72.8 Å². The van der Waals surface area contributed by atoms with Crippen molar-refractivity contribution in [3.63, 3.8) is 0 Å². The number of ketones is 1. The number of allylic oxidation sites excluding steroid dienone is 1. The second-order valence-electron chi connectivity index (χ2n) is 7.36. The Labute approximate surface area is 146 Å². The van der Waals surface area contributed by atoms with Crippen LogP contribution in [-0.2, 0) is 4.79 Å². The van der Waals surface area contributed by atoms with Gasteiger partial charge in [0.2, 0.25) is 0 Å². The van der Waals surface area contributed by atoms with Gasteiger partial charge < -0.3 is 0 Å². The first-order chi connectivity index (χ1) is 11.4. The van der Waals surface area contributed by atoms with Gasteiger partial charge in [-0.05, 0) is 29.5 Å². The molecule has 2 aromatic rings. The Morgan fingerprint density at radius 2 is 1.67 bits per heavy atom. The monoisotopic (exact) mass is 320 g/mol. The lowest BCUT2D eigenvalue weighted by atomic mass is 9.84. The highest BCUT2D eigenvalue weighted by molar-refractivity contribution is 5.83. The molecule has 0 N–H and O–H groups in total. The summed E-state index contributed by atoms with van der Waals surface area (Å²) in [6.07, 6.45) is 4.51. The van der Waals surface area contributed by atoms with E-state index in [0.29, 0.717) is 12.2 Å². The molecule has 0 aliphatic rings. The van der Waals surface area contributed by atoms with Crippen molar-refractivity contribution < 1.29 is 4.79 Å². The molecule has 0 heterocycles. The van der Waals surface area contributed by atoms with E-state index in [1.54, 1.807) is 0 Å². The minimum atomic E-state index is -0.244. The van der Waals surface area contributed by atoms with Gasteiger partial charge in [0, 0.05) is 17.8 Å². The van der Waals surface area contributed by atoms with E-state index in [9.17, 15) is 4.79 Å². The zero-order chi connectivity index (χ0) is 17.6. The van der Waals surface area contributed by atoms with Gasteiger partial charge in [0.1, 0.15) is 5.78 Å². The number of Topliss-reactive ketones (excluding diaryl/α,β-unsaturated/α-hetero) is 1. The minimum absolute atomic E-state index is 0.244. The van der Waals surface area contributed by atoms with Crippen LogP contribution >= 0.6 is 0 Å². The van der Waals surface area contributed by atoms with Crippen molar-refractivity contribution in [2.24, 2.45) is 5.41 Å².